The summed E-state index contributed by atoms with van der Waals surface area (Å²) < 4.78 is 10.8. The predicted octanol–water partition coefficient (Wildman–Crippen LogP) is 2.97. The maximum absolute atomic E-state index is 12.6. The molecule has 1 saturated heterocycles. The second-order valence-corrected chi connectivity index (χ2v) is 6.44. The molecule has 1 aromatic carbocycles. The van der Waals surface area contributed by atoms with Crippen LogP contribution in [-0.4, -0.2) is 43.8 Å². The number of methoxy groups -OCH3 is 1. The van der Waals surface area contributed by atoms with Gasteiger partial charge in [0.15, 0.2) is 0 Å². The molecule has 23 heavy (non-hydrogen) atoms. The van der Waals surface area contributed by atoms with Gasteiger partial charge >= 0.3 is 6.03 Å². The molecule has 5 heteroatoms. The molecule has 3 atom stereocenters. The van der Waals surface area contributed by atoms with Crippen molar-refractivity contribution in [1.29, 1.82) is 0 Å². The third-order valence-electron chi connectivity index (χ3n) is 4.89. The molecule has 0 spiro atoms. The summed E-state index contributed by atoms with van der Waals surface area (Å²) >= 11 is 0. The van der Waals surface area contributed by atoms with Crippen LogP contribution in [0.3, 0.4) is 0 Å². The Bertz CT molecular complexity index is 532. The van der Waals surface area contributed by atoms with E-state index in [-0.39, 0.29) is 12.1 Å². The minimum atomic E-state index is -0.137. The van der Waals surface area contributed by atoms with Gasteiger partial charge in [-0.05, 0) is 49.8 Å². The number of fused-ring (bicyclic) bond motifs is 2. The van der Waals surface area contributed by atoms with Crippen molar-refractivity contribution in [2.45, 2.75) is 38.3 Å². The van der Waals surface area contributed by atoms with Crippen molar-refractivity contribution < 1.29 is 14.3 Å². The number of hydrogen-bond donors (Lipinski definition) is 1. The summed E-state index contributed by atoms with van der Waals surface area (Å²) in [5.41, 5.74) is 1.04. The maximum atomic E-state index is 12.6. The van der Waals surface area contributed by atoms with Gasteiger partial charge in [0.25, 0.3) is 0 Å². The quantitative estimate of drug-likeness (QED) is 0.877. The lowest BCUT2D eigenvalue weighted by Crippen LogP contribution is -2.46. The summed E-state index contributed by atoms with van der Waals surface area (Å²) in [5.74, 6) is 1.55. The molecule has 1 aliphatic heterocycles. The summed E-state index contributed by atoms with van der Waals surface area (Å²) in [5, 5.41) is 3.13. The molecule has 2 fully saturated rings. The third kappa shape index (κ3) is 3.61. The number of carbonyl (C=O) groups excluding carboxylic acids is 1. The molecular weight excluding hydrogens is 292 g/mol. The van der Waals surface area contributed by atoms with Gasteiger partial charge < -0.3 is 19.7 Å². The average Bonchev–Trinajstić information content (AvgIpc) is 3.18. The Morgan fingerprint density at radius 2 is 2.13 bits per heavy atom. The fourth-order valence-electron chi connectivity index (χ4n) is 3.76. The number of carbonyl (C=O) groups is 1. The topological polar surface area (TPSA) is 50.8 Å². The zero-order valence-corrected chi connectivity index (χ0v) is 14.0. The van der Waals surface area contributed by atoms with Crippen molar-refractivity contribution in [3.8, 4) is 5.75 Å². The molecule has 0 radical (unpaired) electrons. The summed E-state index contributed by atoms with van der Waals surface area (Å²) in [6.45, 7) is 3.97. The average molecular weight is 318 g/mol. The molecule has 2 amide bonds. The van der Waals surface area contributed by atoms with Crippen LogP contribution in [0, 0.1) is 5.92 Å². The monoisotopic (exact) mass is 318 g/mol. The molecular formula is C18H26N2O3. The van der Waals surface area contributed by atoms with Gasteiger partial charge in [-0.25, -0.2) is 4.79 Å². The highest BCUT2D eigenvalue weighted by atomic mass is 16.5. The number of hydrogen-bond acceptors (Lipinski definition) is 3. The molecule has 3 rings (SSSR count). The number of ether oxygens (including phenoxy) is 2. The predicted molar refractivity (Wildman–Crippen MR) is 88.6 cm³/mol. The Hall–Kier alpha value is -1.75. The lowest BCUT2D eigenvalue weighted by atomic mass is 10.1. The number of nitrogens with zero attached hydrogens (tertiary/aromatic N) is 1. The lowest BCUT2D eigenvalue weighted by molar-refractivity contribution is 0.148. The smallest absolute Gasteiger partial charge is 0.318 e. The number of piperidine rings is 1. The molecule has 1 N–H and O–H groups in total. The van der Waals surface area contributed by atoms with Crippen molar-refractivity contribution in [1.82, 2.24) is 10.2 Å². The first kappa shape index (κ1) is 16.1. The van der Waals surface area contributed by atoms with E-state index in [1.807, 2.05) is 36.1 Å². The molecule has 2 aliphatic rings. The maximum Gasteiger partial charge on any atom is 0.318 e. The summed E-state index contributed by atoms with van der Waals surface area (Å²) in [6.07, 6.45) is 3.59. The second kappa shape index (κ2) is 7.21. The van der Waals surface area contributed by atoms with Crippen molar-refractivity contribution in [2.24, 2.45) is 5.92 Å². The van der Waals surface area contributed by atoms with E-state index in [9.17, 15) is 4.79 Å². The van der Waals surface area contributed by atoms with E-state index in [1.165, 1.54) is 12.8 Å². The van der Waals surface area contributed by atoms with Crippen LogP contribution in [0.1, 0.15) is 37.8 Å². The minimum absolute atomic E-state index is 0.0353. The van der Waals surface area contributed by atoms with Gasteiger partial charge in [0.1, 0.15) is 5.75 Å². The summed E-state index contributed by atoms with van der Waals surface area (Å²) in [7, 11) is 1.66. The molecule has 1 aliphatic carbocycles. The van der Waals surface area contributed by atoms with Crippen LogP contribution in [0.15, 0.2) is 24.3 Å². The molecule has 5 nitrogen and oxygen atoms in total. The van der Waals surface area contributed by atoms with Crippen molar-refractivity contribution in [3.63, 3.8) is 0 Å². The normalized spacial score (nSPS) is 23.8. The standard InChI is InChI=1S/C18H26N2O3/c1-3-23-16-8-5-14(6-9-16)17(12-22-2)19-18(21)20-11-13-4-7-15(20)10-13/h5-6,8-9,13,15,17H,3-4,7,10-12H2,1-2H3,(H,19,21). The second-order valence-electron chi connectivity index (χ2n) is 6.44. The Morgan fingerprint density at radius 3 is 2.70 bits per heavy atom. The molecule has 1 saturated carbocycles. The molecule has 126 valence electrons. The Morgan fingerprint density at radius 1 is 1.35 bits per heavy atom. The first-order valence-electron chi connectivity index (χ1n) is 8.50. The largest absolute Gasteiger partial charge is 0.494 e. The summed E-state index contributed by atoms with van der Waals surface area (Å²) in [6, 6.07) is 8.19. The van der Waals surface area contributed by atoms with Gasteiger partial charge in [-0.15, -0.1) is 0 Å². The first-order valence-corrected chi connectivity index (χ1v) is 8.50. The van der Waals surface area contributed by atoms with E-state index in [0.29, 0.717) is 25.2 Å². The SMILES string of the molecule is CCOc1ccc(C(COC)NC(=O)N2CC3CCC2C3)cc1. The van der Waals surface area contributed by atoms with E-state index >= 15 is 0 Å². The number of urea groups is 1. The van der Waals surface area contributed by atoms with Crippen LogP contribution in [0.25, 0.3) is 0 Å². The van der Waals surface area contributed by atoms with Crippen LogP contribution >= 0.6 is 0 Å². The highest BCUT2D eigenvalue weighted by Crippen LogP contribution is 2.37. The van der Waals surface area contributed by atoms with Gasteiger partial charge in [-0.1, -0.05) is 12.1 Å². The van der Waals surface area contributed by atoms with Crippen molar-refractivity contribution >= 4 is 6.03 Å². The zero-order valence-electron chi connectivity index (χ0n) is 14.0. The highest BCUT2D eigenvalue weighted by Gasteiger charge is 2.40. The number of rotatable bonds is 6. The van der Waals surface area contributed by atoms with Crippen LogP contribution in [0.5, 0.6) is 5.75 Å². The van der Waals surface area contributed by atoms with Gasteiger partial charge in [-0.3, -0.25) is 0 Å². The summed E-state index contributed by atoms with van der Waals surface area (Å²) in [4.78, 5) is 14.6. The Labute approximate surface area is 137 Å². The van der Waals surface area contributed by atoms with Crippen molar-refractivity contribution in [3.05, 3.63) is 29.8 Å². The molecule has 2 bridgehead atoms. The van der Waals surface area contributed by atoms with Crippen molar-refractivity contribution in [2.75, 3.05) is 26.9 Å². The first-order chi connectivity index (χ1) is 11.2. The van der Waals surface area contributed by atoms with E-state index < -0.39 is 0 Å². The lowest BCUT2D eigenvalue weighted by Gasteiger charge is -2.29. The van der Waals surface area contributed by atoms with Crippen LogP contribution < -0.4 is 10.1 Å². The van der Waals surface area contributed by atoms with E-state index in [1.54, 1.807) is 7.11 Å². The third-order valence-corrected chi connectivity index (χ3v) is 4.89. The molecule has 0 aromatic heterocycles. The van der Waals surface area contributed by atoms with E-state index in [4.69, 9.17) is 9.47 Å². The van der Waals surface area contributed by atoms with E-state index in [0.717, 1.165) is 24.3 Å². The highest BCUT2D eigenvalue weighted by molar-refractivity contribution is 5.75. The molecule has 1 heterocycles. The van der Waals surface area contributed by atoms with Gasteiger partial charge in [0, 0.05) is 19.7 Å². The fraction of sp³-hybridized carbons (Fsp3) is 0.611. The number of nitrogens with one attached hydrogen (secondary N) is 1. The zero-order chi connectivity index (χ0) is 16.2. The van der Waals surface area contributed by atoms with E-state index in [2.05, 4.69) is 5.32 Å². The minimum Gasteiger partial charge on any atom is -0.494 e. The molecule has 1 aromatic rings. The Kier molecular flexibility index (Phi) is 5.06. The number of likely N-dealkylation sites (tertiary alicyclic amines) is 1. The fourth-order valence-corrected chi connectivity index (χ4v) is 3.76. The van der Waals surface area contributed by atoms with Crippen LogP contribution in [0.4, 0.5) is 4.79 Å². The van der Waals surface area contributed by atoms with Crippen LogP contribution in [-0.2, 0) is 4.74 Å². The van der Waals surface area contributed by atoms with Gasteiger partial charge in [-0.2, -0.15) is 0 Å². The van der Waals surface area contributed by atoms with Gasteiger partial charge in [0.05, 0.1) is 19.3 Å². The van der Waals surface area contributed by atoms with Crippen LogP contribution in [0.2, 0.25) is 0 Å². The number of amides is 2. The van der Waals surface area contributed by atoms with Gasteiger partial charge in [0.2, 0.25) is 0 Å². The Balaban J connectivity index is 1.65. The molecule has 3 unspecified atom stereocenters. The number of benzene rings is 1.